The van der Waals surface area contributed by atoms with Crippen LogP contribution in [-0.4, -0.2) is 10.1 Å². The molecular formula is C8H7ClN2O2. The number of hydrogen-bond acceptors (Lipinski definition) is 4. The molecule has 0 aliphatic carbocycles. The zero-order chi connectivity index (χ0) is 9.26. The van der Waals surface area contributed by atoms with E-state index in [0.717, 1.165) is 11.3 Å². The van der Waals surface area contributed by atoms with Crippen molar-refractivity contribution < 1.29 is 8.94 Å². The van der Waals surface area contributed by atoms with E-state index in [1.54, 1.807) is 12.3 Å². The van der Waals surface area contributed by atoms with Gasteiger partial charge in [-0.15, -0.1) is 11.6 Å². The fraction of sp³-hybridized carbons (Fsp3) is 0.250. The van der Waals surface area contributed by atoms with E-state index in [-0.39, 0.29) is 5.88 Å². The van der Waals surface area contributed by atoms with Gasteiger partial charge < -0.3 is 8.94 Å². The highest BCUT2D eigenvalue weighted by Gasteiger charge is 2.11. The molecule has 4 nitrogen and oxygen atoms in total. The molecule has 0 saturated carbocycles. The first-order chi connectivity index (χ1) is 6.31. The number of furan rings is 1. The number of hydrogen-bond donors (Lipinski definition) is 0. The molecule has 0 N–H and O–H groups in total. The predicted molar refractivity (Wildman–Crippen MR) is 46.3 cm³/mol. The summed E-state index contributed by atoms with van der Waals surface area (Å²) in [5.41, 5.74) is 0.833. The van der Waals surface area contributed by atoms with Gasteiger partial charge in [-0.2, -0.15) is 4.98 Å². The molecule has 0 fully saturated rings. The molecule has 0 amide bonds. The summed E-state index contributed by atoms with van der Waals surface area (Å²) in [6.45, 7) is 1.84. The number of aryl methyl sites for hydroxylation is 1. The van der Waals surface area contributed by atoms with Gasteiger partial charge in [0.1, 0.15) is 11.6 Å². The Bertz CT molecular complexity index is 408. The molecule has 2 aromatic rings. The molecule has 5 heteroatoms. The van der Waals surface area contributed by atoms with E-state index in [1.807, 2.05) is 6.92 Å². The number of halogens is 1. The topological polar surface area (TPSA) is 52.1 Å². The summed E-state index contributed by atoms with van der Waals surface area (Å²) in [5, 5.41) is 3.76. The van der Waals surface area contributed by atoms with Gasteiger partial charge in [0.15, 0.2) is 0 Å². The van der Waals surface area contributed by atoms with Gasteiger partial charge in [-0.1, -0.05) is 5.16 Å². The van der Waals surface area contributed by atoms with Gasteiger partial charge in [0, 0.05) is 0 Å². The van der Waals surface area contributed by atoms with E-state index >= 15 is 0 Å². The van der Waals surface area contributed by atoms with Gasteiger partial charge in [-0.25, -0.2) is 0 Å². The van der Waals surface area contributed by atoms with Gasteiger partial charge >= 0.3 is 0 Å². The van der Waals surface area contributed by atoms with Gasteiger partial charge in [0.05, 0.1) is 11.8 Å². The molecular weight excluding hydrogens is 192 g/mol. The molecule has 2 aromatic heterocycles. The van der Waals surface area contributed by atoms with Crippen molar-refractivity contribution in [2.45, 2.75) is 12.8 Å². The minimum absolute atomic E-state index is 0.226. The first kappa shape index (κ1) is 8.31. The molecule has 0 bridgehead atoms. The van der Waals surface area contributed by atoms with Crippen LogP contribution in [0.3, 0.4) is 0 Å². The van der Waals surface area contributed by atoms with Crippen LogP contribution < -0.4 is 0 Å². The lowest BCUT2D eigenvalue weighted by molar-refractivity contribution is 0.391. The van der Waals surface area contributed by atoms with Crippen LogP contribution >= 0.6 is 11.6 Å². The lowest BCUT2D eigenvalue weighted by Crippen LogP contribution is -1.80. The maximum Gasteiger partial charge on any atom is 0.241 e. The van der Waals surface area contributed by atoms with Crippen LogP contribution in [0.5, 0.6) is 0 Å². The number of nitrogens with zero attached hydrogens (tertiary/aromatic N) is 2. The largest absolute Gasteiger partial charge is 0.469 e. The molecule has 0 aliphatic rings. The molecule has 0 unspecified atom stereocenters. The Morgan fingerprint density at radius 2 is 2.38 bits per heavy atom. The van der Waals surface area contributed by atoms with E-state index in [2.05, 4.69) is 10.1 Å². The van der Waals surface area contributed by atoms with Crippen LogP contribution in [0.2, 0.25) is 0 Å². The Labute approximate surface area is 79.5 Å². The van der Waals surface area contributed by atoms with Crippen molar-refractivity contribution in [1.29, 1.82) is 0 Å². The highest BCUT2D eigenvalue weighted by Crippen LogP contribution is 2.21. The van der Waals surface area contributed by atoms with E-state index in [4.69, 9.17) is 20.5 Å². The van der Waals surface area contributed by atoms with E-state index in [9.17, 15) is 0 Å². The molecule has 2 rings (SSSR count). The summed E-state index contributed by atoms with van der Waals surface area (Å²) in [4.78, 5) is 4.06. The van der Waals surface area contributed by atoms with Gasteiger partial charge in [-0.3, -0.25) is 0 Å². The van der Waals surface area contributed by atoms with Crippen molar-refractivity contribution in [3.8, 4) is 11.4 Å². The number of rotatable bonds is 2. The van der Waals surface area contributed by atoms with Crippen molar-refractivity contribution in [2.75, 3.05) is 0 Å². The second kappa shape index (κ2) is 3.22. The van der Waals surface area contributed by atoms with Crippen molar-refractivity contribution in [3.63, 3.8) is 0 Å². The minimum atomic E-state index is 0.226. The van der Waals surface area contributed by atoms with Crippen LogP contribution in [0.25, 0.3) is 11.4 Å². The quantitative estimate of drug-likeness (QED) is 0.696. The molecule has 0 aromatic carbocycles. The maximum absolute atomic E-state index is 5.52. The first-order valence-electron chi connectivity index (χ1n) is 3.74. The molecule has 2 heterocycles. The molecule has 0 atom stereocenters. The number of aromatic nitrogens is 2. The monoisotopic (exact) mass is 198 g/mol. The van der Waals surface area contributed by atoms with Crippen LogP contribution in [0.4, 0.5) is 0 Å². The molecule has 68 valence electrons. The highest BCUT2D eigenvalue weighted by molar-refractivity contribution is 6.16. The normalized spacial score (nSPS) is 10.6. The second-order valence-electron chi connectivity index (χ2n) is 2.54. The van der Waals surface area contributed by atoms with Crippen molar-refractivity contribution in [2.24, 2.45) is 0 Å². The fourth-order valence-corrected chi connectivity index (χ4v) is 1.14. The summed E-state index contributed by atoms with van der Waals surface area (Å²) in [7, 11) is 0. The Morgan fingerprint density at radius 1 is 1.54 bits per heavy atom. The van der Waals surface area contributed by atoms with Gasteiger partial charge in [-0.05, 0) is 13.0 Å². The summed E-state index contributed by atoms with van der Waals surface area (Å²) >= 11 is 5.52. The smallest absolute Gasteiger partial charge is 0.241 e. The average Bonchev–Trinajstić information content (AvgIpc) is 2.71. The zero-order valence-electron chi connectivity index (χ0n) is 6.95. The third kappa shape index (κ3) is 1.45. The number of alkyl halides is 1. The molecule has 0 aliphatic heterocycles. The summed E-state index contributed by atoms with van der Waals surface area (Å²) < 4.78 is 9.97. The lowest BCUT2D eigenvalue weighted by Gasteiger charge is -1.86. The van der Waals surface area contributed by atoms with Crippen LogP contribution in [-0.2, 0) is 5.88 Å². The molecule has 0 radical (unpaired) electrons. The minimum Gasteiger partial charge on any atom is -0.469 e. The van der Waals surface area contributed by atoms with Crippen LogP contribution in [0.1, 0.15) is 11.7 Å². The molecule has 0 spiro atoms. The van der Waals surface area contributed by atoms with Crippen molar-refractivity contribution in [1.82, 2.24) is 10.1 Å². The lowest BCUT2D eigenvalue weighted by atomic mass is 10.2. The predicted octanol–water partition coefficient (Wildman–Crippen LogP) is 2.38. The Hall–Kier alpha value is -1.29. The average molecular weight is 199 g/mol. The van der Waals surface area contributed by atoms with Crippen molar-refractivity contribution in [3.05, 3.63) is 24.0 Å². The first-order valence-corrected chi connectivity index (χ1v) is 4.27. The van der Waals surface area contributed by atoms with E-state index in [1.165, 1.54) is 0 Å². The van der Waals surface area contributed by atoms with Crippen LogP contribution in [0.15, 0.2) is 21.3 Å². The summed E-state index contributed by atoms with van der Waals surface area (Å²) in [6.07, 6.45) is 1.58. The fourth-order valence-electron chi connectivity index (χ4n) is 1.04. The van der Waals surface area contributed by atoms with E-state index < -0.39 is 0 Å². The van der Waals surface area contributed by atoms with E-state index in [0.29, 0.717) is 11.7 Å². The van der Waals surface area contributed by atoms with Crippen LogP contribution in [0, 0.1) is 6.92 Å². The van der Waals surface area contributed by atoms with Gasteiger partial charge in [0.2, 0.25) is 11.7 Å². The molecule has 0 saturated heterocycles. The molecule has 13 heavy (non-hydrogen) atoms. The maximum atomic E-state index is 5.52. The Kier molecular flexibility index (Phi) is 2.06. The summed E-state index contributed by atoms with van der Waals surface area (Å²) in [5.74, 6) is 1.92. The SMILES string of the molecule is Cc1occc1-c1noc(CCl)n1. The summed E-state index contributed by atoms with van der Waals surface area (Å²) in [6, 6.07) is 1.79. The zero-order valence-corrected chi connectivity index (χ0v) is 7.71. The van der Waals surface area contributed by atoms with Gasteiger partial charge in [0.25, 0.3) is 0 Å². The standard InChI is InChI=1S/C8H7ClN2O2/c1-5-6(2-3-12-5)8-10-7(4-9)13-11-8/h2-3H,4H2,1H3. The Balaban J connectivity index is 2.41. The second-order valence-corrected chi connectivity index (χ2v) is 2.80. The van der Waals surface area contributed by atoms with Crippen molar-refractivity contribution >= 4 is 11.6 Å². The highest BCUT2D eigenvalue weighted by atomic mass is 35.5. The third-order valence-electron chi connectivity index (χ3n) is 1.68. The third-order valence-corrected chi connectivity index (χ3v) is 1.91. The Morgan fingerprint density at radius 3 is 2.92 bits per heavy atom.